The van der Waals surface area contributed by atoms with E-state index < -0.39 is 0 Å². The van der Waals surface area contributed by atoms with E-state index in [9.17, 15) is 0 Å². The van der Waals surface area contributed by atoms with Crippen molar-refractivity contribution in [3.05, 3.63) is 106 Å². The smallest absolute Gasteiger partial charge is 0.0146 e. The molecule has 27 heavy (non-hydrogen) atoms. The molecule has 0 fully saturated rings. The molecule has 144 valence electrons. The number of hydrogen-bond acceptors (Lipinski definition) is 0. The summed E-state index contributed by atoms with van der Waals surface area (Å²) in [7, 11) is 0. The monoisotopic (exact) mass is 360 g/mol. The normalized spacial score (nSPS) is 10.2. The number of aryl methyl sites for hydroxylation is 4. The van der Waals surface area contributed by atoms with Gasteiger partial charge in [-0.25, -0.2) is 0 Å². The summed E-state index contributed by atoms with van der Waals surface area (Å²) < 4.78 is 0. The lowest BCUT2D eigenvalue weighted by Crippen LogP contribution is -2.18. The Hall–Kier alpha value is -2.34. The first-order valence-electron chi connectivity index (χ1n) is 9.96. The maximum Gasteiger partial charge on any atom is 0.0146 e. The Balaban J connectivity index is 0.000000305. The standard InChI is InChI=1S/C17H20.C8H10.C2H6/c1-13-5-9-15(10-6-13)17(3,4)16-11-7-14(2)8-12-16;1-7-3-5-8(2)6-4-7;1-2/h5-12H,1-4H3;3-6H,1-2H3;1-2H3. The highest BCUT2D eigenvalue weighted by molar-refractivity contribution is 5.39. The molecule has 0 bridgehead atoms. The summed E-state index contributed by atoms with van der Waals surface area (Å²) in [5, 5.41) is 0. The first-order chi connectivity index (χ1) is 12.8. The van der Waals surface area contributed by atoms with E-state index in [1.165, 1.54) is 33.4 Å². The molecule has 0 nitrogen and oxygen atoms in total. The predicted octanol–water partition coefficient (Wildman–Crippen LogP) is 7.96. The van der Waals surface area contributed by atoms with E-state index >= 15 is 0 Å². The molecule has 3 rings (SSSR count). The average molecular weight is 361 g/mol. The molecule has 0 aliphatic carbocycles. The highest BCUT2D eigenvalue weighted by atomic mass is 14.3. The molecule has 0 atom stereocenters. The molecule has 3 aromatic carbocycles. The van der Waals surface area contributed by atoms with Gasteiger partial charge in [-0.2, -0.15) is 0 Å². The van der Waals surface area contributed by atoms with Gasteiger partial charge in [0.1, 0.15) is 0 Å². The third-order valence-corrected chi connectivity index (χ3v) is 4.76. The van der Waals surface area contributed by atoms with Crippen LogP contribution < -0.4 is 0 Å². The van der Waals surface area contributed by atoms with Crippen molar-refractivity contribution in [2.75, 3.05) is 0 Å². The van der Waals surface area contributed by atoms with E-state index in [0.29, 0.717) is 0 Å². The van der Waals surface area contributed by atoms with Crippen molar-refractivity contribution in [2.45, 2.75) is 60.8 Å². The molecule has 0 unspecified atom stereocenters. The SMILES string of the molecule is CC.Cc1ccc(C(C)(C)c2ccc(C)cc2)cc1.Cc1ccc(C)cc1. The van der Waals surface area contributed by atoms with Crippen LogP contribution in [-0.2, 0) is 5.41 Å². The molecule has 3 aromatic rings. The van der Waals surface area contributed by atoms with Gasteiger partial charge in [-0.3, -0.25) is 0 Å². The van der Waals surface area contributed by atoms with E-state index in [-0.39, 0.29) is 5.41 Å². The largest absolute Gasteiger partial charge is 0.0683 e. The fourth-order valence-corrected chi connectivity index (χ4v) is 2.74. The van der Waals surface area contributed by atoms with Gasteiger partial charge in [0.25, 0.3) is 0 Å². The molecule has 0 N–H and O–H groups in total. The molecule has 0 heteroatoms. The van der Waals surface area contributed by atoms with Gasteiger partial charge in [0.05, 0.1) is 0 Å². The van der Waals surface area contributed by atoms with Crippen molar-refractivity contribution in [3.63, 3.8) is 0 Å². The van der Waals surface area contributed by atoms with Gasteiger partial charge >= 0.3 is 0 Å². The highest BCUT2D eigenvalue weighted by Crippen LogP contribution is 2.31. The first kappa shape index (κ1) is 22.7. The molecule has 0 saturated heterocycles. The van der Waals surface area contributed by atoms with Crippen LogP contribution in [0.15, 0.2) is 72.8 Å². The molecule has 0 radical (unpaired) electrons. The third-order valence-electron chi connectivity index (χ3n) is 4.76. The van der Waals surface area contributed by atoms with Crippen molar-refractivity contribution in [1.29, 1.82) is 0 Å². The maximum atomic E-state index is 2.28. The molecule has 0 aromatic heterocycles. The second kappa shape index (κ2) is 10.7. The second-order valence-electron chi connectivity index (χ2n) is 7.51. The van der Waals surface area contributed by atoms with Crippen LogP contribution in [0.4, 0.5) is 0 Å². The minimum absolute atomic E-state index is 0.0708. The maximum absolute atomic E-state index is 2.28. The zero-order valence-corrected chi connectivity index (χ0v) is 18.4. The van der Waals surface area contributed by atoms with E-state index in [1.807, 2.05) is 13.8 Å². The summed E-state index contributed by atoms with van der Waals surface area (Å²) in [6.07, 6.45) is 0. The zero-order chi connectivity index (χ0) is 20.4. The Kier molecular flexibility index (Phi) is 9.02. The van der Waals surface area contributed by atoms with Crippen LogP contribution in [0.1, 0.15) is 61.1 Å². The molecule has 0 saturated carbocycles. The molecule has 0 heterocycles. The predicted molar refractivity (Wildman–Crippen MR) is 122 cm³/mol. The fourth-order valence-electron chi connectivity index (χ4n) is 2.74. The van der Waals surface area contributed by atoms with Gasteiger partial charge in [0, 0.05) is 5.41 Å². The number of hydrogen-bond donors (Lipinski definition) is 0. The number of rotatable bonds is 2. The van der Waals surface area contributed by atoms with Crippen LogP contribution in [0.5, 0.6) is 0 Å². The fraction of sp³-hybridized carbons (Fsp3) is 0.333. The van der Waals surface area contributed by atoms with Crippen LogP contribution in [0.2, 0.25) is 0 Å². The average Bonchev–Trinajstić information content (AvgIpc) is 2.67. The lowest BCUT2D eigenvalue weighted by Gasteiger charge is -2.26. The van der Waals surface area contributed by atoms with Gasteiger partial charge in [0.15, 0.2) is 0 Å². The third kappa shape index (κ3) is 7.06. The van der Waals surface area contributed by atoms with Gasteiger partial charge in [0.2, 0.25) is 0 Å². The van der Waals surface area contributed by atoms with Crippen LogP contribution in [-0.4, -0.2) is 0 Å². The Labute approximate surface area is 167 Å². The van der Waals surface area contributed by atoms with Crippen LogP contribution >= 0.6 is 0 Å². The molecule has 0 aliphatic heterocycles. The summed E-state index contributed by atoms with van der Waals surface area (Å²) in [5.74, 6) is 0. The first-order valence-corrected chi connectivity index (χ1v) is 9.96. The van der Waals surface area contributed by atoms with Crippen molar-refractivity contribution >= 4 is 0 Å². The van der Waals surface area contributed by atoms with Gasteiger partial charge in [-0.1, -0.05) is 123 Å². The zero-order valence-electron chi connectivity index (χ0n) is 18.4. The molecule has 0 spiro atoms. The minimum atomic E-state index is 0.0708. The molecule has 0 amide bonds. The summed E-state index contributed by atoms with van der Waals surface area (Å²) >= 11 is 0. The van der Waals surface area contributed by atoms with Crippen molar-refractivity contribution in [3.8, 4) is 0 Å². The Bertz CT molecular complexity index is 704. The Morgan fingerprint density at radius 2 is 0.593 bits per heavy atom. The van der Waals surface area contributed by atoms with Gasteiger partial charge in [-0.05, 0) is 38.8 Å². The van der Waals surface area contributed by atoms with Crippen molar-refractivity contribution in [1.82, 2.24) is 0 Å². The van der Waals surface area contributed by atoms with E-state index in [4.69, 9.17) is 0 Å². The topological polar surface area (TPSA) is 0 Å². The molecular formula is C27H36. The van der Waals surface area contributed by atoms with Crippen molar-refractivity contribution < 1.29 is 0 Å². The van der Waals surface area contributed by atoms with Crippen LogP contribution in [0.3, 0.4) is 0 Å². The highest BCUT2D eigenvalue weighted by Gasteiger charge is 2.22. The number of benzene rings is 3. The summed E-state index contributed by atoms with van der Waals surface area (Å²) in [4.78, 5) is 0. The van der Waals surface area contributed by atoms with Gasteiger partial charge in [-0.15, -0.1) is 0 Å². The Morgan fingerprint density at radius 1 is 0.407 bits per heavy atom. The van der Waals surface area contributed by atoms with E-state index in [2.05, 4.69) is 114 Å². The second-order valence-corrected chi connectivity index (χ2v) is 7.51. The van der Waals surface area contributed by atoms with Crippen LogP contribution in [0.25, 0.3) is 0 Å². The lowest BCUT2D eigenvalue weighted by molar-refractivity contribution is 0.640. The van der Waals surface area contributed by atoms with E-state index in [0.717, 1.165) is 0 Å². The van der Waals surface area contributed by atoms with Crippen LogP contribution in [0, 0.1) is 27.7 Å². The van der Waals surface area contributed by atoms with Gasteiger partial charge < -0.3 is 0 Å². The minimum Gasteiger partial charge on any atom is -0.0683 e. The quantitative estimate of drug-likeness (QED) is 0.435. The lowest BCUT2D eigenvalue weighted by atomic mass is 9.78. The Morgan fingerprint density at radius 3 is 0.815 bits per heavy atom. The molecular weight excluding hydrogens is 324 g/mol. The summed E-state index contributed by atoms with van der Waals surface area (Å²) in [5.41, 5.74) is 8.09. The summed E-state index contributed by atoms with van der Waals surface area (Å²) in [6.45, 7) is 17.0. The molecule has 0 aliphatic rings. The van der Waals surface area contributed by atoms with E-state index in [1.54, 1.807) is 0 Å². The summed E-state index contributed by atoms with van der Waals surface area (Å²) in [6, 6.07) is 26.1. The van der Waals surface area contributed by atoms with Crippen molar-refractivity contribution in [2.24, 2.45) is 0 Å².